The Bertz CT molecular complexity index is 1860. The van der Waals surface area contributed by atoms with Gasteiger partial charge in [-0.2, -0.15) is 0 Å². The molecule has 0 aromatic carbocycles. The number of fused-ring (bicyclic) bond motifs is 2. The molecule has 5 heterocycles. The third-order valence-corrected chi connectivity index (χ3v) is 6.32. The Labute approximate surface area is 325 Å². The topological polar surface area (TPSA) is 151 Å². The second-order valence-electron chi connectivity index (χ2n) is 13.9. The summed E-state index contributed by atoms with van der Waals surface area (Å²) >= 11 is 11.7. The summed E-state index contributed by atoms with van der Waals surface area (Å²) in [5.74, 6) is 0. The minimum atomic E-state index is -1.06. The highest BCUT2D eigenvalue weighted by molar-refractivity contribution is 7.92. The van der Waals surface area contributed by atoms with E-state index in [0.29, 0.717) is 15.8 Å². The van der Waals surface area contributed by atoms with E-state index in [0.717, 1.165) is 16.3 Å². The maximum atomic E-state index is 11.9. The molecule has 17 heteroatoms. The zero-order valence-electron chi connectivity index (χ0n) is 31.9. The van der Waals surface area contributed by atoms with Gasteiger partial charge < -0.3 is 28.8 Å². The van der Waals surface area contributed by atoms with Gasteiger partial charge in [0.25, 0.3) is 0 Å². The number of aromatic nitrogens is 5. The zero-order valence-corrected chi connectivity index (χ0v) is 35.8. The Morgan fingerprint density at radius 2 is 1.19 bits per heavy atom. The van der Waals surface area contributed by atoms with Gasteiger partial charge in [-0.1, -0.05) is 23.2 Å². The predicted molar refractivity (Wildman–Crippen MR) is 219 cm³/mol. The van der Waals surface area contributed by atoms with Crippen LogP contribution in [-0.4, -0.2) is 73.8 Å². The standard InChI is InChI=1S/C12H13ClN2O2.C10H18O5.C7H5ClN2.C7H10N2.H4P2/c1-12(2,3)17-11(16)15-7-5-8-9(15)4-6-14-10(8)13;1-9(2,3)14-7(11)13-8(12)15-10(4,5)6;8-7-5-1-3-9-6(5)2-4-10-7;1-9(2)7-3-5-8-6-4-7;1-2/h4-7H,1-3H3;1-6H3;1-4,9H;3-6H,1-2H3;1-2H2. The van der Waals surface area contributed by atoms with Crippen LogP contribution >= 0.6 is 41.1 Å². The highest BCUT2D eigenvalue weighted by Crippen LogP contribution is 2.23. The van der Waals surface area contributed by atoms with E-state index in [2.05, 4.69) is 42.5 Å². The fourth-order valence-electron chi connectivity index (χ4n) is 3.70. The summed E-state index contributed by atoms with van der Waals surface area (Å²) in [5, 5.41) is 2.65. The molecule has 2 atom stereocenters. The third kappa shape index (κ3) is 18.5. The van der Waals surface area contributed by atoms with E-state index in [-0.39, 0.29) is 0 Å². The Morgan fingerprint density at radius 3 is 1.64 bits per heavy atom. The second kappa shape index (κ2) is 21.6. The lowest BCUT2D eigenvalue weighted by Crippen LogP contribution is -2.29. The molecule has 13 nitrogen and oxygen atoms in total. The van der Waals surface area contributed by atoms with Crippen LogP contribution in [0.2, 0.25) is 10.3 Å². The highest BCUT2D eigenvalue weighted by Gasteiger charge is 2.24. The SMILES string of the molecule is CC(C)(C)OC(=O)OC(=O)OC(C)(C)C.CC(C)(C)OC(=O)n1ccc2c(Cl)nccc21.CN(C)c1ccncc1.Clc1nccc2[nH]ccc12.PP. The number of hydrogen-bond donors (Lipinski definition) is 1. The largest absolute Gasteiger partial charge is 0.519 e. The summed E-state index contributed by atoms with van der Waals surface area (Å²) in [5.41, 5.74) is 0.993. The van der Waals surface area contributed by atoms with Crippen LogP contribution in [0.3, 0.4) is 0 Å². The smallest absolute Gasteiger partial charge is 0.443 e. The van der Waals surface area contributed by atoms with Gasteiger partial charge in [0, 0.05) is 67.7 Å². The molecule has 0 fully saturated rings. The molecular formula is C36H50Cl2N6O7P2. The van der Waals surface area contributed by atoms with Gasteiger partial charge in [0.15, 0.2) is 0 Å². The monoisotopic (exact) mass is 810 g/mol. The molecule has 0 aliphatic rings. The predicted octanol–water partition coefficient (Wildman–Crippen LogP) is 10.4. The molecular weight excluding hydrogens is 761 g/mol. The van der Waals surface area contributed by atoms with Gasteiger partial charge >= 0.3 is 18.4 Å². The zero-order chi connectivity index (χ0) is 40.6. The Hall–Kier alpha value is -4.02. The molecule has 0 aliphatic carbocycles. The summed E-state index contributed by atoms with van der Waals surface area (Å²) in [6, 6.07) is 11.2. The lowest BCUT2D eigenvalue weighted by molar-refractivity contribution is -0.0294. The van der Waals surface area contributed by atoms with Crippen molar-refractivity contribution in [2.75, 3.05) is 19.0 Å². The molecule has 2 unspecified atom stereocenters. The molecule has 0 saturated carbocycles. The minimum absolute atomic E-state index is 0.379. The molecule has 0 aliphatic heterocycles. The summed E-state index contributed by atoms with van der Waals surface area (Å²) in [7, 11) is 8.69. The third-order valence-electron chi connectivity index (χ3n) is 5.71. The summed E-state index contributed by atoms with van der Waals surface area (Å²) in [4.78, 5) is 50.8. The quantitative estimate of drug-likeness (QED) is 0.0566. The number of hydrogen-bond acceptors (Lipinski definition) is 11. The van der Waals surface area contributed by atoms with E-state index in [4.69, 9.17) is 37.4 Å². The number of carbonyl (C=O) groups is 3. The number of ether oxygens (including phenoxy) is 4. The van der Waals surface area contributed by atoms with Crippen LogP contribution in [-0.2, 0) is 18.9 Å². The van der Waals surface area contributed by atoms with Gasteiger partial charge in [-0.15, -0.1) is 17.9 Å². The number of anilines is 1. The van der Waals surface area contributed by atoms with Crippen molar-refractivity contribution in [3.63, 3.8) is 0 Å². The van der Waals surface area contributed by atoms with Crippen molar-refractivity contribution >= 4 is 87.0 Å². The Balaban J connectivity index is 0.000000357. The van der Waals surface area contributed by atoms with Crippen molar-refractivity contribution in [1.82, 2.24) is 24.5 Å². The van der Waals surface area contributed by atoms with Crippen molar-refractivity contribution in [3.05, 3.63) is 83.9 Å². The number of rotatable bonds is 1. The second-order valence-corrected chi connectivity index (χ2v) is 14.6. The number of pyridine rings is 3. The van der Waals surface area contributed by atoms with Crippen molar-refractivity contribution in [2.45, 2.75) is 79.1 Å². The molecule has 53 heavy (non-hydrogen) atoms. The molecule has 0 amide bonds. The first kappa shape index (κ1) is 47.0. The van der Waals surface area contributed by atoms with Gasteiger partial charge in [0.2, 0.25) is 0 Å². The van der Waals surface area contributed by atoms with Crippen LogP contribution < -0.4 is 4.90 Å². The van der Waals surface area contributed by atoms with Crippen LogP contribution in [0, 0.1) is 0 Å². The first-order chi connectivity index (χ1) is 24.6. The van der Waals surface area contributed by atoms with Gasteiger partial charge in [-0.25, -0.2) is 24.4 Å². The first-order valence-corrected chi connectivity index (χ1v) is 19.5. The summed E-state index contributed by atoms with van der Waals surface area (Å²) < 4.78 is 20.5. The summed E-state index contributed by atoms with van der Waals surface area (Å²) in [6.45, 7) is 15.5. The van der Waals surface area contributed by atoms with Gasteiger partial charge in [0.05, 0.1) is 11.0 Å². The maximum absolute atomic E-state index is 11.9. The van der Waals surface area contributed by atoms with Crippen LogP contribution in [0.4, 0.5) is 20.1 Å². The molecule has 5 rings (SSSR count). The number of halogens is 2. The Morgan fingerprint density at radius 1 is 0.698 bits per heavy atom. The lowest BCUT2D eigenvalue weighted by atomic mass is 10.2. The molecule has 0 saturated heterocycles. The van der Waals surface area contributed by atoms with E-state index >= 15 is 0 Å². The van der Waals surface area contributed by atoms with Crippen LogP contribution in [0.25, 0.3) is 21.8 Å². The van der Waals surface area contributed by atoms with Crippen molar-refractivity contribution in [2.24, 2.45) is 0 Å². The summed E-state index contributed by atoms with van der Waals surface area (Å²) in [6.07, 6.45) is 7.75. The van der Waals surface area contributed by atoms with E-state index in [1.54, 1.807) is 84.7 Å². The van der Waals surface area contributed by atoms with Gasteiger partial charge in [-0.05, 0) is 98.7 Å². The molecule has 5 aromatic rings. The number of nitrogens with one attached hydrogen (secondary N) is 1. The van der Waals surface area contributed by atoms with E-state index < -0.39 is 35.2 Å². The number of aromatic amines is 1. The van der Waals surface area contributed by atoms with E-state index in [1.807, 2.05) is 70.2 Å². The number of H-pyrrole nitrogens is 1. The van der Waals surface area contributed by atoms with Gasteiger partial charge in [0.1, 0.15) is 27.1 Å². The molecule has 0 spiro atoms. The fraction of sp³-hybridized carbons (Fsp3) is 0.389. The molecule has 290 valence electrons. The fourth-order valence-corrected chi connectivity index (χ4v) is 4.14. The minimum Gasteiger partial charge on any atom is -0.443 e. The molecule has 0 bridgehead atoms. The lowest BCUT2D eigenvalue weighted by Gasteiger charge is -2.20. The number of nitrogens with zero attached hydrogens (tertiary/aromatic N) is 5. The highest BCUT2D eigenvalue weighted by atomic mass is 35.5. The Kier molecular flexibility index (Phi) is 19.2. The van der Waals surface area contributed by atoms with Crippen LogP contribution in [0.1, 0.15) is 62.3 Å². The van der Waals surface area contributed by atoms with Crippen molar-refractivity contribution < 1.29 is 33.3 Å². The average Bonchev–Trinajstić information content (AvgIpc) is 3.70. The van der Waals surface area contributed by atoms with Crippen molar-refractivity contribution in [1.29, 1.82) is 0 Å². The van der Waals surface area contributed by atoms with Gasteiger partial charge in [-0.3, -0.25) is 9.55 Å². The average molecular weight is 812 g/mol. The molecule has 0 radical (unpaired) electrons. The van der Waals surface area contributed by atoms with E-state index in [1.165, 1.54) is 10.3 Å². The first-order valence-electron chi connectivity index (χ1n) is 16.0. The van der Waals surface area contributed by atoms with E-state index in [9.17, 15) is 14.4 Å². The molecule has 1 N–H and O–H groups in total. The van der Waals surface area contributed by atoms with Crippen LogP contribution in [0.15, 0.2) is 73.6 Å². The van der Waals surface area contributed by atoms with Crippen molar-refractivity contribution in [3.8, 4) is 0 Å². The maximum Gasteiger partial charge on any atom is 0.519 e. The normalized spacial score (nSPS) is 10.8. The molecule has 5 aromatic heterocycles. The van der Waals surface area contributed by atoms with Crippen LogP contribution in [0.5, 0.6) is 0 Å². The number of carbonyl (C=O) groups excluding carboxylic acids is 3.